The van der Waals surface area contributed by atoms with Gasteiger partial charge in [0.05, 0.1) is 12.7 Å². The molecule has 2 aromatic heterocycles. The van der Waals surface area contributed by atoms with Gasteiger partial charge in [0.2, 0.25) is 5.95 Å². The minimum atomic E-state index is -1.09. The highest BCUT2D eigenvalue weighted by Crippen LogP contribution is 2.35. The Labute approximate surface area is 168 Å². The number of hydrogen-bond donors (Lipinski definition) is 3. The molecule has 4 N–H and O–H groups in total. The maximum atomic E-state index is 12.6. The van der Waals surface area contributed by atoms with Gasteiger partial charge in [0.25, 0.3) is 5.56 Å². The van der Waals surface area contributed by atoms with E-state index in [1.165, 1.54) is 21.0 Å². The second-order valence-corrected chi connectivity index (χ2v) is 7.48. The number of anilines is 1. The van der Waals surface area contributed by atoms with E-state index in [-0.39, 0.29) is 29.3 Å². The first-order chi connectivity index (χ1) is 13.7. The zero-order valence-corrected chi connectivity index (χ0v) is 16.8. The molecule has 1 aliphatic heterocycles. The summed E-state index contributed by atoms with van der Waals surface area (Å²) in [6.07, 6.45) is -4.18. The lowest BCUT2D eigenvalue weighted by Crippen LogP contribution is -2.36. The minimum Gasteiger partial charge on any atom is -0.458 e. The molecule has 0 aliphatic carbocycles. The molecule has 13 heteroatoms. The topological polar surface area (TPSA) is 168 Å². The molecule has 5 atom stereocenters. The molecule has 0 aromatic carbocycles. The first kappa shape index (κ1) is 21.4. The predicted octanol–water partition coefficient (Wildman–Crippen LogP) is -0.682. The third-order valence-corrected chi connectivity index (χ3v) is 5.22. The van der Waals surface area contributed by atoms with Gasteiger partial charge in [-0.3, -0.25) is 23.9 Å². The molecule has 1 fully saturated rings. The number of nitrogens with two attached hydrogens (primary N) is 1. The Kier molecular flexibility index (Phi) is 6.33. The van der Waals surface area contributed by atoms with Crippen LogP contribution in [0, 0.1) is 0 Å². The lowest BCUT2D eigenvalue weighted by atomic mass is 10.1. The van der Waals surface area contributed by atoms with Crippen molar-refractivity contribution in [1.29, 1.82) is 0 Å². The molecular formula is C16H22N4O8S. The first-order valence-electron chi connectivity index (χ1n) is 8.77. The maximum Gasteiger partial charge on any atom is 0.311 e. The highest BCUT2D eigenvalue weighted by atomic mass is 32.1. The molecule has 29 heavy (non-hydrogen) atoms. The molecule has 1 aliphatic rings. The van der Waals surface area contributed by atoms with Crippen molar-refractivity contribution in [1.82, 2.24) is 14.5 Å². The van der Waals surface area contributed by atoms with Crippen LogP contribution in [0.3, 0.4) is 0 Å². The number of methoxy groups -OCH3 is 1. The van der Waals surface area contributed by atoms with Crippen LogP contribution in [0.4, 0.5) is 5.95 Å². The SMILES string of the molecule is COCC(OC(C)O)[C@@H]1C[C@@H](OC(C)=O)[C@H](n2c(=O)sc3c(=O)[nH]c(N)nc32)O1. The molecule has 0 amide bonds. The monoisotopic (exact) mass is 430 g/mol. The molecule has 0 bridgehead atoms. The number of aromatic amines is 1. The van der Waals surface area contributed by atoms with E-state index >= 15 is 0 Å². The number of carbonyl (C=O) groups excluding carboxylic acids is 1. The van der Waals surface area contributed by atoms with Crippen LogP contribution in [0.25, 0.3) is 10.3 Å². The second-order valence-electron chi connectivity index (χ2n) is 6.52. The minimum absolute atomic E-state index is 0.0313. The van der Waals surface area contributed by atoms with Crippen LogP contribution in [0.15, 0.2) is 9.59 Å². The number of hydrogen-bond acceptors (Lipinski definition) is 11. The van der Waals surface area contributed by atoms with Crippen LogP contribution < -0.4 is 16.2 Å². The fourth-order valence-corrected chi connectivity index (χ4v) is 4.12. The Balaban J connectivity index is 2.03. The highest BCUT2D eigenvalue weighted by molar-refractivity contribution is 7.16. The third-order valence-electron chi connectivity index (χ3n) is 4.28. The number of rotatable bonds is 7. The quantitative estimate of drug-likeness (QED) is 0.378. The van der Waals surface area contributed by atoms with Crippen LogP contribution in [0.1, 0.15) is 26.5 Å². The summed E-state index contributed by atoms with van der Waals surface area (Å²) in [5.41, 5.74) is 5.10. The molecule has 3 rings (SSSR count). The molecule has 160 valence electrons. The van der Waals surface area contributed by atoms with E-state index in [0.717, 1.165) is 4.57 Å². The summed E-state index contributed by atoms with van der Waals surface area (Å²) in [4.78, 5) is 42.2. The zero-order chi connectivity index (χ0) is 21.3. The van der Waals surface area contributed by atoms with Crippen molar-refractivity contribution in [3.8, 4) is 0 Å². The van der Waals surface area contributed by atoms with Crippen LogP contribution >= 0.6 is 11.3 Å². The molecule has 2 aromatic rings. The normalized spacial score (nSPS) is 23.9. The number of aromatic nitrogens is 3. The van der Waals surface area contributed by atoms with Crippen molar-refractivity contribution in [3.05, 3.63) is 20.0 Å². The largest absolute Gasteiger partial charge is 0.458 e. The van der Waals surface area contributed by atoms with E-state index in [1.54, 1.807) is 0 Å². The number of ether oxygens (including phenoxy) is 4. The number of nitrogens with zero attached hydrogens (tertiary/aromatic N) is 2. The number of esters is 1. The van der Waals surface area contributed by atoms with E-state index in [0.29, 0.717) is 11.3 Å². The number of aliphatic hydroxyl groups is 1. The highest BCUT2D eigenvalue weighted by Gasteiger charge is 2.44. The standard InChI is InChI=1S/C16H22N4O8S/c1-6(21)26-9-4-8(10(5-25-3)27-7(2)22)28-14(9)20-12-11(29-16(20)24)13(23)19-15(17)18-12/h7-10,14,22H,4-5H2,1-3H3,(H3,17,18,19,23)/t7?,8-,9+,10?,14+/m0/s1. The summed E-state index contributed by atoms with van der Waals surface area (Å²) in [5.74, 6) is -0.732. The van der Waals surface area contributed by atoms with Gasteiger partial charge in [-0.1, -0.05) is 11.3 Å². The Morgan fingerprint density at radius 2 is 2.24 bits per heavy atom. The van der Waals surface area contributed by atoms with E-state index in [4.69, 9.17) is 24.7 Å². The van der Waals surface area contributed by atoms with Crippen molar-refractivity contribution in [3.63, 3.8) is 0 Å². The zero-order valence-electron chi connectivity index (χ0n) is 16.0. The fourth-order valence-electron chi connectivity index (χ4n) is 3.28. The number of H-pyrrole nitrogens is 1. The summed E-state index contributed by atoms with van der Waals surface area (Å²) in [5, 5.41) is 9.58. The van der Waals surface area contributed by atoms with Crippen LogP contribution in [-0.2, 0) is 23.7 Å². The Hall–Kier alpha value is -2.32. The fraction of sp³-hybridized carbons (Fsp3) is 0.625. The predicted molar refractivity (Wildman–Crippen MR) is 101 cm³/mol. The van der Waals surface area contributed by atoms with Crippen molar-refractivity contribution in [2.45, 2.75) is 51.1 Å². The number of nitrogen functional groups attached to an aromatic ring is 1. The Morgan fingerprint density at radius 3 is 2.86 bits per heavy atom. The van der Waals surface area contributed by atoms with Crippen LogP contribution in [-0.4, -0.2) is 63.9 Å². The smallest absolute Gasteiger partial charge is 0.311 e. The van der Waals surface area contributed by atoms with E-state index < -0.39 is 47.2 Å². The van der Waals surface area contributed by atoms with Gasteiger partial charge in [-0.2, -0.15) is 4.98 Å². The number of carbonyl (C=O) groups is 1. The average molecular weight is 430 g/mol. The molecule has 0 spiro atoms. The van der Waals surface area contributed by atoms with Crippen LogP contribution in [0.5, 0.6) is 0 Å². The van der Waals surface area contributed by atoms with Gasteiger partial charge in [-0.25, -0.2) is 0 Å². The summed E-state index contributed by atoms with van der Waals surface area (Å²) in [6.45, 7) is 2.77. The van der Waals surface area contributed by atoms with E-state index in [1.807, 2.05) is 0 Å². The number of nitrogens with one attached hydrogen (secondary N) is 1. The summed E-state index contributed by atoms with van der Waals surface area (Å²) in [6, 6.07) is 0. The lowest BCUT2D eigenvalue weighted by Gasteiger charge is -2.24. The summed E-state index contributed by atoms with van der Waals surface area (Å²) < 4.78 is 23.1. The van der Waals surface area contributed by atoms with Gasteiger partial charge < -0.3 is 29.8 Å². The molecule has 2 unspecified atom stereocenters. The lowest BCUT2D eigenvalue weighted by molar-refractivity contribution is -0.183. The van der Waals surface area contributed by atoms with E-state index in [2.05, 4.69) is 9.97 Å². The van der Waals surface area contributed by atoms with Gasteiger partial charge >= 0.3 is 10.8 Å². The van der Waals surface area contributed by atoms with Gasteiger partial charge in [0.15, 0.2) is 18.2 Å². The van der Waals surface area contributed by atoms with Gasteiger partial charge in [-0.05, 0) is 6.92 Å². The van der Waals surface area contributed by atoms with Gasteiger partial charge in [0, 0.05) is 20.5 Å². The molecular weight excluding hydrogens is 408 g/mol. The number of fused-ring (bicyclic) bond motifs is 1. The third kappa shape index (κ3) is 4.48. The van der Waals surface area contributed by atoms with Crippen LogP contribution in [0.2, 0.25) is 0 Å². The molecule has 3 heterocycles. The van der Waals surface area contributed by atoms with Crippen molar-refractivity contribution in [2.24, 2.45) is 0 Å². The Morgan fingerprint density at radius 1 is 1.52 bits per heavy atom. The number of thiazole rings is 1. The summed E-state index contributed by atoms with van der Waals surface area (Å²) in [7, 11) is 1.46. The average Bonchev–Trinajstić information content (AvgIpc) is 3.14. The molecule has 1 saturated heterocycles. The van der Waals surface area contributed by atoms with Crippen molar-refractivity contribution < 1.29 is 28.8 Å². The molecule has 0 saturated carbocycles. The Bertz CT molecular complexity index is 999. The first-order valence-corrected chi connectivity index (χ1v) is 9.58. The molecule has 12 nitrogen and oxygen atoms in total. The van der Waals surface area contributed by atoms with Crippen molar-refractivity contribution in [2.75, 3.05) is 19.5 Å². The number of aliphatic hydroxyl groups excluding tert-OH is 1. The summed E-state index contributed by atoms with van der Waals surface area (Å²) >= 11 is 0.682. The second kappa shape index (κ2) is 8.59. The van der Waals surface area contributed by atoms with E-state index in [9.17, 15) is 19.5 Å². The van der Waals surface area contributed by atoms with Gasteiger partial charge in [0.1, 0.15) is 16.9 Å². The van der Waals surface area contributed by atoms with Gasteiger partial charge in [-0.15, -0.1) is 0 Å². The maximum absolute atomic E-state index is 12.6. The van der Waals surface area contributed by atoms with Crippen molar-refractivity contribution >= 4 is 33.6 Å². The molecule has 0 radical (unpaired) electrons.